The summed E-state index contributed by atoms with van der Waals surface area (Å²) in [5.74, 6) is 0.955. The maximum absolute atomic E-state index is 8.63. The van der Waals surface area contributed by atoms with Crippen molar-refractivity contribution in [1.29, 1.82) is 5.26 Å². The van der Waals surface area contributed by atoms with Crippen LogP contribution >= 0.6 is 0 Å². The summed E-state index contributed by atoms with van der Waals surface area (Å²) in [6.07, 6.45) is 11.6. The largest absolute Gasteiger partial charge is 0.346 e. The van der Waals surface area contributed by atoms with Gasteiger partial charge in [0.25, 0.3) is 0 Å². The predicted octanol–water partition coefficient (Wildman–Crippen LogP) is 2.96. The predicted molar refractivity (Wildman–Crippen MR) is 82.1 cm³/mol. The van der Waals surface area contributed by atoms with E-state index in [1.807, 2.05) is 18.3 Å². The lowest BCUT2D eigenvalue weighted by molar-refractivity contribution is 0.372. The van der Waals surface area contributed by atoms with Gasteiger partial charge in [-0.3, -0.25) is 0 Å². The number of rotatable bonds is 2. The maximum atomic E-state index is 8.63. The van der Waals surface area contributed by atoms with Crippen LogP contribution in [-0.4, -0.2) is 24.8 Å². The molecule has 0 spiro atoms. The van der Waals surface area contributed by atoms with Crippen molar-refractivity contribution < 1.29 is 0 Å². The molecule has 1 fully saturated rings. The highest BCUT2D eigenvalue weighted by atomic mass is 15.4. The standard InChI is InChI=1S/C16H16N6/c17-8-1-2-11-3-5-12(6-4-11)14-15-13-7-9-18-16(13)19-10-22(15)21-20-14/h1-2,7,9-12,18H,3-6H2/b2-1+. The van der Waals surface area contributed by atoms with Crippen molar-refractivity contribution in [2.45, 2.75) is 31.6 Å². The Kier molecular flexibility index (Phi) is 3.11. The molecule has 0 amide bonds. The third-order valence-corrected chi connectivity index (χ3v) is 4.60. The Hall–Kier alpha value is -2.68. The van der Waals surface area contributed by atoms with E-state index in [4.69, 9.17) is 5.26 Å². The molecular weight excluding hydrogens is 276 g/mol. The Morgan fingerprint density at radius 3 is 3.00 bits per heavy atom. The molecule has 0 aliphatic heterocycles. The molecule has 3 heterocycles. The normalized spacial score (nSPS) is 22.5. The molecule has 0 radical (unpaired) electrons. The molecule has 6 nitrogen and oxygen atoms in total. The van der Waals surface area contributed by atoms with Gasteiger partial charge in [-0.1, -0.05) is 11.3 Å². The monoisotopic (exact) mass is 292 g/mol. The Morgan fingerprint density at radius 2 is 2.18 bits per heavy atom. The van der Waals surface area contributed by atoms with E-state index in [2.05, 4.69) is 26.3 Å². The van der Waals surface area contributed by atoms with E-state index in [1.54, 1.807) is 16.9 Å². The van der Waals surface area contributed by atoms with Crippen molar-refractivity contribution in [1.82, 2.24) is 24.8 Å². The minimum Gasteiger partial charge on any atom is -0.346 e. The average Bonchev–Trinajstić information content (AvgIpc) is 3.19. The Bertz CT molecular complexity index is 873. The molecular formula is C16H16N6. The van der Waals surface area contributed by atoms with Crippen molar-refractivity contribution in [2.75, 3.05) is 0 Å². The highest BCUT2D eigenvalue weighted by Crippen LogP contribution is 2.38. The van der Waals surface area contributed by atoms with Crippen LogP contribution in [0.4, 0.5) is 0 Å². The molecule has 3 aromatic heterocycles. The Labute approximate surface area is 127 Å². The number of aromatic amines is 1. The molecule has 1 aliphatic rings. The van der Waals surface area contributed by atoms with Crippen LogP contribution in [0.1, 0.15) is 37.3 Å². The SMILES string of the molecule is N#C/C=C/C1CCC(c2nnn3cnc4[nH]ccc4c23)CC1. The average molecular weight is 292 g/mol. The van der Waals surface area contributed by atoms with Crippen LogP contribution in [0.15, 0.2) is 30.7 Å². The summed E-state index contributed by atoms with van der Waals surface area (Å²) >= 11 is 0. The fraction of sp³-hybridized carbons (Fsp3) is 0.375. The number of H-pyrrole nitrogens is 1. The maximum Gasteiger partial charge on any atom is 0.141 e. The number of hydrogen-bond donors (Lipinski definition) is 1. The molecule has 0 atom stereocenters. The number of nitrogens with one attached hydrogen (secondary N) is 1. The molecule has 0 bridgehead atoms. The van der Waals surface area contributed by atoms with Gasteiger partial charge in [0, 0.05) is 23.6 Å². The highest BCUT2D eigenvalue weighted by molar-refractivity contribution is 5.92. The molecule has 1 N–H and O–H groups in total. The number of nitrogens with zero attached hydrogens (tertiary/aromatic N) is 5. The van der Waals surface area contributed by atoms with Gasteiger partial charge in [-0.05, 0) is 37.7 Å². The number of allylic oxidation sites excluding steroid dienone is 2. The zero-order valence-corrected chi connectivity index (χ0v) is 12.1. The molecule has 6 heteroatoms. The van der Waals surface area contributed by atoms with Crippen molar-refractivity contribution in [3.8, 4) is 6.07 Å². The van der Waals surface area contributed by atoms with Crippen LogP contribution in [-0.2, 0) is 0 Å². The summed E-state index contributed by atoms with van der Waals surface area (Å²) in [5, 5.41) is 18.4. The first-order valence-electron chi connectivity index (χ1n) is 7.60. The summed E-state index contributed by atoms with van der Waals surface area (Å²) in [4.78, 5) is 7.48. The molecule has 110 valence electrons. The van der Waals surface area contributed by atoms with Gasteiger partial charge in [-0.25, -0.2) is 9.50 Å². The van der Waals surface area contributed by atoms with Crippen LogP contribution in [0.2, 0.25) is 0 Å². The lowest BCUT2D eigenvalue weighted by atomic mass is 9.80. The first-order valence-corrected chi connectivity index (χ1v) is 7.60. The van der Waals surface area contributed by atoms with E-state index in [0.29, 0.717) is 11.8 Å². The number of hydrogen-bond acceptors (Lipinski definition) is 4. The fourth-order valence-corrected chi connectivity index (χ4v) is 3.46. The topological polar surface area (TPSA) is 82.7 Å². The van der Waals surface area contributed by atoms with Gasteiger partial charge >= 0.3 is 0 Å². The third-order valence-electron chi connectivity index (χ3n) is 4.60. The second kappa shape index (κ2) is 5.26. The molecule has 3 aromatic rings. The van der Waals surface area contributed by atoms with Crippen LogP contribution in [0, 0.1) is 17.2 Å². The van der Waals surface area contributed by atoms with Crippen LogP contribution in [0.5, 0.6) is 0 Å². The summed E-state index contributed by atoms with van der Waals surface area (Å²) in [6, 6.07) is 4.11. The summed E-state index contributed by atoms with van der Waals surface area (Å²) in [7, 11) is 0. The summed E-state index contributed by atoms with van der Waals surface area (Å²) in [5.41, 5.74) is 3.03. The number of nitriles is 1. The molecule has 0 aromatic carbocycles. The molecule has 0 unspecified atom stereocenters. The van der Waals surface area contributed by atoms with Gasteiger partial charge in [0.1, 0.15) is 17.5 Å². The molecule has 22 heavy (non-hydrogen) atoms. The van der Waals surface area contributed by atoms with Crippen LogP contribution in [0.25, 0.3) is 16.6 Å². The second-order valence-corrected chi connectivity index (χ2v) is 5.85. The van der Waals surface area contributed by atoms with E-state index >= 15 is 0 Å². The molecule has 1 saturated carbocycles. The Morgan fingerprint density at radius 1 is 1.32 bits per heavy atom. The van der Waals surface area contributed by atoms with E-state index in [-0.39, 0.29) is 0 Å². The summed E-state index contributed by atoms with van der Waals surface area (Å²) in [6.45, 7) is 0. The van der Waals surface area contributed by atoms with E-state index in [0.717, 1.165) is 47.9 Å². The number of fused-ring (bicyclic) bond motifs is 3. The minimum absolute atomic E-state index is 0.435. The van der Waals surface area contributed by atoms with Crippen molar-refractivity contribution >= 4 is 16.6 Å². The molecule has 4 rings (SSSR count). The van der Waals surface area contributed by atoms with Crippen molar-refractivity contribution in [3.05, 3.63) is 36.4 Å². The van der Waals surface area contributed by atoms with Gasteiger partial charge in [0.05, 0.1) is 11.8 Å². The van der Waals surface area contributed by atoms with Gasteiger partial charge in [0.2, 0.25) is 0 Å². The quantitative estimate of drug-likeness (QED) is 0.736. The zero-order chi connectivity index (χ0) is 14.9. The lowest BCUT2D eigenvalue weighted by Gasteiger charge is -2.25. The highest BCUT2D eigenvalue weighted by Gasteiger charge is 2.25. The summed E-state index contributed by atoms with van der Waals surface area (Å²) < 4.78 is 1.77. The van der Waals surface area contributed by atoms with Gasteiger partial charge in [-0.15, -0.1) is 5.10 Å². The van der Waals surface area contributed by atoms with E-state index < -0.39 is 0 Å². The lowest BCUT2D eigenvalue weighted by Crippen LogP contribution is -2.12. The van der Waals surface area contributed by atoms with Crippen molar-refractivity contribution in [3.63, 3.8) is 0 Å². The van der Waals surface area contributed by atoms with E-state index in [1.165, 1.54) is 0 Å². The van der Waals surface area contributed by atoms with E-state index in [9.17, 15) is 0 Å². The molecule has 0 saturated heterocycles. The third kappa shape index (κ3) is 2.06. The van der Waals surface area contributed by atoms with Gasteiger partial charge in [-0.2, -0.15) is 5.26 Å². The zero-order valence-electron chi connectivity index (χ0n) is 12.1. The van der Waals surface area contributed by atoms with Crippen LogP contribution < -0.4 is 0 Å². The Balaban J connectivity index is 1.66. The minimum atomic E-state index is 0.435. The fourth-order valence-electron chi connectivity index (χ4n) is 3.46. The second-order valence-electron chi connectivity index (χ2n) is 5.85. The first kappa shape index (κ1) is 13.0. The first-order chi connectivity index (χ1) is 10.9. The van der Waals surface area contributed by atoms with Crippen LogP contribution in [0.3, 0.4) is 0 Å². The van der Waals surface area contributed by atoms with Gasteiger partial charge in [0.15, 0.2) is 0 Å². The number of aromatic nitrogens is 5. The van der Waals surface area contributed by atoms with Crippen molar-refractivity contribution in [2.24, 2.45) is 5.92 Å². The smallest absolute Gasteiger partial charge is 0.141 e. The molecule has 1 aliphatic carbocycles. The van der Waals surface area contributed by atoms with Gasteiger partial charge < -0.3 is 4.98 Å².